The molecule has 9 heteroatoms. The highest BCUT2D eigenvalue weighted by Crippen LogP contribution is 2.10. The van der Waals surface area contributed by atoms with Crippen molar-refractivity contribution in [1.29, 1.82) is 0 Å². The van der Waals surface area contributed by atoms with Crippen molar-refractivity contribution in [2.45, 2.75) is 49.7 Å². The summed E-state index contributed by atoms with van der Waals surface area (Å²) in [5.74, 6) is -0.326. The standard InChI is InChI=1S/C13H23N5O3S/c1-9-12(5-4-6-14-9)16-13(19)10(2)17-22(20,21)11-7-15-18(3)8-11/h7-10,12,14,17H,4-6H2,1-3H3,(H,16,19). The van der Waals surface area contributed by atoms with Crippen LogP contribution >= 0.6 is 0 Å². The van der Waals surface area contributed by atoms with Crippen LogP contribution < -0.4 is 15.4 Å². The molecule has 1 aromatic heterocycles. The molecule has 0 aromatic carbocycles. The molecule has 124 valence electrons. The largest absolute Gasteiger partial charge is 0.350 e. The first-order valence-corrected chi connectivity index (χ1v) is 8.82. The fourth-order valence-electron chi connectivity index (χ4n) is 2.44. The lowest BCUT2D eigenvalue weighted by molar-refractivity contribution is -0.123. The second kappa shape index (κ2) is 6.76. The summed E-state index contributed by atoms with van der Waals surface area (Å²) in [6.45, 7) is 4.48. The van der Waals surface area contributed by atoms with Gasteiger partial charge in [-0.15, -0.1) is 0 Å². The van der Waals surface area contributed by atoms with Crippen LogP contribution in [0.3, 0.4) is 0 Å². The molecule has 0 saturated carbocycles. The quantitative estimate of drug-likeness (QED) is 0.665. The van der Waals surface area contributed by atoms with Crippen molar-refractivity contribution in [1.82, 2.24) is 25.1 Å². The van der Waals surface area contributed by atoms with E-state index in [1.54, 1.807) is 7.05 Å². The fraction of sp³-hybridized carbons (Fsp3) is 0.692. The van der Waals surface area contributed by atoms with E-state index in [0.717, 1.165) is 19.4 Å². The number of amides is 1. The molecule has 0 radical (unpaired) electrons. The lowest BCUT2D eigenvalue weighted by Gasteiger charge is -2.31. The molecule has 1 aliphatic rings. The topological polar surface area (TPSA) is 105 Å². The Morgan fingerprint density at radius 3 is 2.86 bits per heavy atom. The lowest BCUT2D eigenvalue weighted by Crippen LogP contribution is -2.55. The first-order chi connectivity index (χ1) is 10.3. The van der Waals surface area contributed by atoms with E-state index in [4.69, 9.17) is 0 Å². The number of aryl methyl sites for hydroxylation is 1. The second-order valence-electron chi connectivity index (χ2n) is 5.69. The third-order valence-electron chi connectivity index (χ3n) is 3.81. The summed E-state index contributed by atoms with van der Waals surface area (Å²) in [5.41, 5.74) is 0. The van der Waals surface area contributed by atoms with Gasteiger partial charge in [-0.3, -0.25) is 9.48 Å². The lowest BCUT2D eigenvalue weighted by atomic mass is 9.99. The predicted octanol–water partition coefficient (Wildman–Crippen LogP) is -0.656. The van der Waals surface area contributed by atoms with Crippen LogP contribution in [0.15, 0.2) is 17.3 Å². The number of hydrogen-bond donors (Lipinski definition) is 3. The highest BCUT2D eigenvalue weighted by atomic mass is 32.2. The Labute approximate surface area is 130 Å². The Morgan fingerprint density at radius 1 is 1.55 bits per heavy atom. The minimum absolute atomic E-state index is 0.0200. The summed E-state index contributed by atoms with van der Waals surface area (Å²) in [5, 5.41) is 10.0. The summed E-state index contributed by atoms with van der Waals surface area (Å²) in [6, 6.07) is -0.647. The fourth-order valence-corrected chi connectivity index (χ4v) is 3.63. The molecule has 1 saturated heterocycles. The Kier molecular flexibility index (Phi) is 5.20. The van der Waals surface area contributed by atoms with Crippen LogP contribution in [0.2, 0.25) is 0 Å². The SMILES string of the molecule is CC(NS(=O)(=O)c1cnn(C)c1)C(=O)NC1CCCNC1C. The molecule has 1 amide bonds. The number of piperidine rings is 1. The Hall–Kier alpha value is -1.45. The third kappa shape index (κ3) is 4.05. The summed E-state index contributed by atoms with van der Waals surface area (Å²) >= 11 is 0. The van der Waals surface area contributed by atoms with Gasteiger partial charge in [0, 0.05) is 25.3 Å². The minimum Gasteiger partial charge on any atom is -0.350 e. The molecule has 0 aliphatic carbocycles. The van der Waals surface area contributed by atoms with E-state index in [2.05, 4.69) is 20.5 Å². The Bertz CT molecular complexity index is 627. The van der Waals surface area contributed by atoms with Crippen LogP contribution in [0.25, 0.3) is 0 Å². The van der Waals surface area contributed by atoms with E-state index in [-0.39, 0.29) is 22.9 Å². The molecule has 1 aliphatic heterocycles. The van der Waals surface area contributed by atoms with E-state index >= 15 is 0 Å². The number of nitrogens with one attached hydrogen (secondary N) is 3. The smallest absolute Gasteiger partial charge is 0.244 e. The highest BCUT2D eigenvalue weighted by Gasteiger charge is 2.27. The number of carbonyl (C=O) groups is 1. The van der Waals surface area contributed by atoms with Crippen molar-refractivity contribution >= 4 is 15.9 Å². The zero-order valence-corrected chi connectivity index (χ0v) is 13.9. The number of hydrogen-bond acceptors (Lipinski definition) is 5. The predicted molar refractivity (Wildman–Crippen MR) is 81.6 cm³/mol. The molecule has 3 unspecified atom stereocenters. The number of carbonyl (C=O) groups excluding carboxylic acids is 1. The molecule has 3 N–H and O–H groups in total. The number of sulfonamides is 1. The van der Waals surface area contributed by atoms with E-state index in [9.17, 15) is 13.2 Å². The molecule has 8 nitrogen and oxygen atoms in total. The first kappa shape index (κ1) is 16.9. The first-order valence-electron chi connectivity index (χ1n) is 7.34. The van der Waals surface area contributed by atoms with Crippen molar-refractivity contribution in [3.8, 4) is 0 Å². The van der Waals surface area contributed by atoms with Crippen LogP contribution in [0.1, 0.15) is 26.7 Å². The summed E-state index contributed by atoms with van der Waals surface area (Å²) < 4.78 is 28.1. The van der Waals surface area contributed by atoms with Gasteiger partial charge in [0.15, 0.2) is 0 Å². The molecule has 2 heterocycles. The van der Waals surface area contributed by atoms with Gasteiger partial charge in [0.2, 0.25) is 15.9 Å². The van der Waals surface area contributed by atoms with Crippen molar-refractivity contribution in [3.63, 3.8) is 0 Å². The molecule has 22 heavy (non-hydrogen) atoms. The summed E-state index contributed by atoms with van der Waals surface area (Å²) in [7, 11) is -2.12. The van der Waals surface area contributed by atoms with E-state index < -0.39 is 16.1 Å². The van der Waals surface area contributed by atoms with Crippen LogP contribution in [-0.4, -0.2) is 48.8 Å². The Morgan fingerprint density at radius 2 is 2.27 bits per heavy atom. The van der Waals surface area contributed by atoms with Gasteiger partial charge in [-0.05, 0) is 33.2 Å². The molecular formula is C13H23N5O3S. The molecule has 0 bridgehead atoms. The molecular weight excluding hydrogens is 306 g/mol. The van der Waals surface area contributed by atoms with Gasteiger partial charge >= 0.3 is 0 Å². The maximum atomic E-state index is 12.2. The maximum Gasteiger partial charge on any atom is 0.244 e. The van der Waals surface area contributed by atoms with Gasteiger partial charge in [-0.2, -0.15) is 9.82 Å². The average Bonchev–Trinajstić information content (AvgIpc) is 2.88. The van der Waals surface area contributed by atoms with E-state index in [0.29, 0.717) is 0 Å². The number of aromatic nitrogens is 2. The zero-order chi connectivity index (χ0) is 16.3. The Balaban J connectivity index is 1.96. The third-order valence-corrected chi connectivity index (χ3v) is 5.30. The van der Waals surface area contributed by atoms with Crippen LogP contribution in [0.4, 0.5) is 0 Å². The molecule has 1 fully saturated rings. The van der Waals surface area contributed by atoms with Crippen LogP contribution in [0.5, 0.6) is 0 Å². The van der Waals surface area contributed by atoms with Gasteiger partial charge in [0.25, 0.3) is 0 Å². The van der Waals surface area contributed by atoms with Crippen molar-refractivity contribution in [3.05, 3.63) is 12.4 Å². The van der Waals surface area contributed by atoms with Crippen molar-refractivity contribution in [2.75, 3.05) is 6.54 Å². The van der Waals surface area contributed by atoms with E-state index in [1.807, 2.05) is 6.92 Å². The molecule has 1 aromatic rings. The normalized spacial score (nSPS) is 24.0. The summed E-state index contributed by atoms with van der Waals surface area (Å²) in [6.07, 6.45) is 4.52. The summed E-state index contributed by atoms with van der Waals surface area (Å²) in [4.78, 5) is 12.2. The van der Waals surface area contributed by atoms with Crippen molar-refractivity contribution in [2.24, 2.45) is 7.05 Å². The van der Waals surface area contributed by atoms with Gasteiger partial charge in [-0.25, -0.2) is 8.42 Å². The van der Waals surface area contributed by atoms with Crippen molar-refractivity contribution < 1.29 is 13.2 Å². The monoisotopic (exact) mass is 329 g/mol. The zero-order valence-electron chi connectivity index (χ0n) is 13.0. The molecule has 3 atom stereocenters. The number of nitrogens with zero attached hydrogens (tertiary/aromatic N) is 2. The van der Waals surface area contributed by atoms with Crippen LogP contribution in [-0.2, 0) is 21.9 Å². The highest BCUT2D eigenvalue weighted by molar-refractivity contribution is 7.89. The minimum atomic E-state index is -3.75. The van der Waals surface area contributed by atoms with Gasteiger partial charge in [-0.1, -0.05) is 0 Å². The average molecular weight is 329 g/mol. The van der Waals surface area contributed by atoms with Gasteiger partial charge in [0.05, 0.1) is 12.2 Å². The van der Waals surface area contributed by atoms with E-state index in [1.165, 1.54) is 24.0 Å². The number of rotatable bonds is 5. The molecule has 2 rings (SSSR count). The second-order valence-corrected chi connectivity index (χ2v) is 7.41. The van der Waals surface area contributed by atoms with Gasteiger partial charge < -0.3 is 10.6 Å². The maximum absolute atomic E-state index is 12.2. The van der Waals surface area contributed by atoms with Crippen LogP contribution in [0, 0.1) is 0 Å². The molecule has 0 spiro atoms. The van der Waals surface area contributed by atoms with Gasteiger partial charge in [0.1, 0.15) is 4.90 Å².